The second-order valence-corrected chi connectivity index (χ2v) is 6.32. The Morgan fingerprint density at radius 3 is 2.88 bits per heavy atom. The van der Waals surface area contributed by atoms with Gasteiger partial charge in [0.25, 0.3) is 0 Å². The van der Waals surface area contributed by atoms with Crippen LogP contribution in [0.25, 0.3) is 0 Å². The van der Waals surface area contributed by atoms with Gasteiger partial charge in [-0.05, 0) is 13.0 Å². The summed E-state index contributed by atoms with van der Waals surface area (Å²) < 4.78 is 28.8. The lowest BCUT2D eigenvalue weighted by molar-refractivity contribution is 0.332. The van der Waals surface area contributed by atoms with Gasteiger partial charge in [0.2, 0.25) is 0 Å². The lowest BCUT2D eigenvalue weighted by Crippen LogP contribution is -2.39. The second kappa shape index (κ2) is 5.06. The maximum absolute atomic E-state index is 11.6. The summed E-state index contributed by atoms with van der Waals surface area (Å²) in [5.41, 5.74) is 0.928. The molecule has 1 aliphatic rings. The van der Waals surface area contributed by atoms with Crippen molar-refractivity contribution in [2.45, 2.75) is 13.0 Å². The van der Waals surface area contributed by atoms with Crippen LogP contribution in [0.2, 0.25) is 0 Å². The molecule has 1 unspecified atom stereocenters. The van der Waals surface area contributed by atoms with E-state index in [0.717, 1.165) is 11.3 Å². The summed E-state index contributed by atoms with van der Waals surface area (Å²) in [5.74, 6) is 1.14. The van der Waals surface area contributed by atoms with Gasteiger partial charge in [-0.2, -0.15) is 0 Å². The van der Waals surface area contributed by atoms with Gasteiger partial charge in [0.15, 0.2) is 9.84 Å². The molecule has 17 heavy (non-hydrogen) atoms. The SMILES string of the molecule is CCOc1ccccc1C1CS(=O)(=O)CCN1. The molecule has 0 amide bonds. The first-order valence-corrected chi connectivity index (χ1v) is 7.60. The number of sulfone groups is 1. The molecule has 1 saturated heterocycles. The van der Waals surface area contributed by atoms with Gasteiger partial charge in [-0.15, -0.1) is 0 Å². The van der Waals surface area contributed by atoms with Crippen LogP contribution in [-0.4, -0.2) is 33.1 Å². The van der Waals surface area contributed by atoms with E-state index in [2.05, 4.69) is 5.32 Å². The van der Waals surface area contributed by atoms with E-state index in [9.17, 15) is 8.42 Å². The van der Waals surface area contributed by atoms with Crippen LogP contribution >= 0.6 is 0 Å². The van der Waals surface area contributed by atoms with Crippen molar-refractivity contribution in [3.63, 3.8) is 0 Å². The summed E-state index contributed by atoms with van der Waals surface area (Å²) >= 11 is 0. The third-order valence-electron chi connectivity index (χ3n) is 2.82. The van der Waals surface area contributed by atoms with Crippen LogP contribution < -0.4 is 10.1 Å². The third kappa shape index (κ3) is 2.98. The Kier molecular flexibility index (Phi) is 3.69. The first kappa shape index (κ1) is 12.4. The molecule has 1 heterocycles. The monoisotopic (exact) mass is 255 g/mol. The van der Waals surface area contributed by atoms with Crippen molar-refractivity contribution in [3.05, 3.63) is 29.8 Å². The first-order valence-electron chi connectivity index (χ1n) is 5.78. The van der Waals surface area contributed by atoms with Gasteiger partial charge < -0.3 is 10.1 Å². The van der Waals surface area contributed by atoms with Crippen LogP contribution in [0.5, 0.6) is 5.75 Å². The highest BCUT2D eigenvalue weighted by atomic mass is 32.2. The number of benzene rings is 1. The number of ether oxygens (including phenoxy) is 1. The summed E-state index contributed by atoms with van der Waals surface area (Å²) in [6.07, 6.45) is 0. The van der Waals surface area contributed by atoms with E-state index in [0.29, 0.717) is 13.2 Å². The predicted octanol–water partition coefficient (Wildman–Crippen LogP) is 1.14. The largest absolute Gasteiger partial charge is 0.494 e. The van der Waals surface area contributed by atoms with E-state index in [1.54, 1.807) is 0 Å². The molecule has 0 saturated carbocycles. The number of hydrogen-bond acceptors (Lipinski definition) is 4. The third-order valence-corrected chi connectivity index (χ3v) is 4.49. The molecular weight excluding hydrogens is 238 g/mol. The van der Waals surface area contributed by atoms with E-state index < -0.39 is 9.84 Å². The maximum atomic E-state index is 11.6. The Balaban J connectivity index is 2.27. The average molecular weight is 255 g/mol. The highest BCUT2D eigenvalue weighted by Crippen LogP contribution is 2.27. The fourth-order valence-corrected chi connectivity index (χ4v) is 3.44. The summed E-state index contributed by atoms with van der Waals surface area (Å²) in [6, 6.07) is 7.44. The van der Waals surface area contributed by atoms with Crippen molar-refractivity contribution in [3.8, 4) is 5.75 Å². The van der Waals surface area contributed by atoms with Crippen molar-refractivity contribution in [1.29, 1.82) is 0 Å². The highest BCUT2D eigenvalue weighted by Gasteiger charge is 2.27. The number of rotatable bonds is 3. The minimum absolute atomic E-state index is 0.150. The predicted molar refractivity (Wildman–Crippen MR) is 67.0 cm³/mol. The normalized spacial score (nSPS) is 23.2. The lowest BCUT2D eigenvalue weighted by atomic mass is 10.1. The molecule has 1 aromatic carbocycles. The van der Waals surface area contributed by atoms with Gasteiger partial charge in [0.1, 0.15) is 5.75 Å². The Hall–Kier alpha value is -1.07. The minimum atomic E-state index is -2.93. The Bertz CT molecular complexity index is 484. The summed E-state index contributed by atoms with van der Waals surface area (Å²) in [5, 5.41) is 3.23. The zero-order valence-electron chi connectivity index (χ0n) is 9.85. The van der Waals surface area contributed by atoms with Crippen molar-refractivity contribution in [2.24, 2.45) is 0 Å². The van der Waals surface area contributed by atoms with E-state index in [1.165, 1.54) is 0 Å². The molecule has 4 nitrogen and oxygen atoms in total. The van der Waals surface area contributed by atoms with Crippen LogP contribution in [0, 0.1) is 0 Å². The fraction of sp³-hybridized carbons (Fsp3) is 0.500. The van der Waals surface area contributed by atoms with Crippen molar-refractivity contribution < 1.29 is 13.2 Å². The van der Waals surface area contributed by atoms with Gasteiger partial charge in [-0.3, -0.25) is 0 Å². The molecule has 1 aliphatic heterocycles. The van der Waals surface area contributed by atoms with Gasteiger partial charge in [-0.25, -0.2) is 8.42 Å². The van der Waals surface area contributed by atoms with E-state index in [1.807, 2.05) is 31.2 Å². The van der Waals surface area contributed by atoms with Gasteiger partial charge in [0.05, 0.1) is 18.1 Å². The average Bonchev–Trinajstić information content (AvgIpc) is 2.29. The zero-order chi connectivity index (χ0) is 12.3. The van der Waals surface area contributed by atoms with Crippen molar-refractivity contribution in [1.82, 2.24) is 5.32 Å². The topological polar surface area (TPSA) is 55.4 Å². The number of para-hydroxylation sites is 1. The van der Waals surface area contributed by atoms with Crippen molar-refractivity contribution in [2.75, 3.05) is 24.7 Å². The minimum Gasteiger partial charge on any atom is -0.494 e. The standard InChI is InChI=1S/C12H17NO3S/c1-2-16-12-6-4-3-5-10(12)11-9-17(14,15)8-7-13-11/h3-6,11,13H,2,7-9H2,1H3. The molecule has 0 bridgehead atoms. The van der Waals surface area contributed by atoms with Gasteiger partial charge in [0, 0.05) is 18.2 Å². The first-order chi connectivity index (χ1) is 8.12. The Morgan fingerprint density at radius 2 is 2.18 bits per heavy atom. The van der Waals surface area contributed by atoms with E-state index in [-0.39, 0.29) is 17.5 Å². The molecule has 1 N–H and O–H groups in total. The molecular formula is C12H17NO3S. The van der Waals surface area contributed by atoms with Crippen molar-refractivity contribution >= 4 is 9.84 Å². The van der Waals surface area contributed by atoms with Crippen LogP contribution in [0.4, 0.5) is 0 Å². The Labute approximate surface area is 102 Å². The van der Waals surface area contributed by atoms with Gasteiger partial charge in [-0.1, -0.05) is 18.2 Å². The maximum Gasteiger partial charge on any atom is 0.153 e. The van der Waals surface area contributed by atoms with Crippen LogP contribution in [0.1, 0.15) is 18.5 Å². The molecule has 5 heteroatoms. The smallest absolute Gasteiger partial charge is 0.153 e. The number of nitrogens with one attached hydrogen (secondary N) is 1. The zero-order valence-corrected chi connectivity index (χ0v) is 10.7. The molecule has 0 aliphatic carbocycles. The van der Waals surface area contributed by atoms with Crippen LogP contribution in [0.3, 0.4) is 0 Å². The molecule has 0 radical (unpaired) electrons. The molecule has 0 spiro atoms. The molecule has 2 rings (SSSR count). The summed E-state index contributed by atoms with van der Waals surface area (Å²) in [6.45, 7) is 3.01. The second-order valence-electron chi connectivity index (χ2n) is 4.09. The molecule has 1 atom stereocenters. The van der Waals surface area contributed by atoms with E-state index in [4.69, 9.17) is 4.74 Å². The van der Waals surface area contributed by atoms with Crippen LogP contribution in [-0.2, 0) is 9.84 Å². The van der Waals surface area contributed by atoms with Gasteiger partial charge >= 0.3 is 0 Å². The van der Waals surface area contributed by atoms with E-state index >= 15 is 0 Å². The quantitative estimate of drug-likeness (QED) is 0.880. The number of hydrogen-bond donors (Lipinski definition) is 1. The highest BCUT2D eigenvalue weighted by molar-refractivity contribution is 7.91. The summed E-state index contributed by atoms with van der Waals surface area (Å²) in [4.78, 5) is 0. The molecule has 1 fully saturated rings. The Morgan fingerprint density at radius 1 is 1.41 bits per heavy atom. The molecule has 0 aromatic heterocycles. The molecule has 94 valence electrons. The molecule has 1 aromatic rings. The summed E-state index contributed by atoms with van der Waals surface area (Å²) in [7, 11) is -2.93. The lowest BCUT2D eigenvalue weighted by Gasteiger charge is -2.25. The van der Waals surface area contributed by atoms with Crippen LogP contribution in [0.15, 0.2) is 24.3 Å². The fourth-order valence-electron chi connectivity index (χ4n) is 2.04.